The Labute approximate surface area is 185 Å². The number of carbonyl (C=O) groups excluding carboxylic acids is 1. The van der Waals surface area contributed by atoms with Crippen LogP contribution in [0, 0.1) is 6.92 Å². The largest absolute Gasteiger partial charge is 0.497 e. The summed E-state index contributed by atoms with van der Waals surface area (Å²) in [5.74, 6) is 2.13. The highest BCUT2D eigenvalue weighted by molar-refractivity contribution is 7.98. The van der Waals surface area contributed by atoms with Crippen LogP contribution in [0.1, 0.15) is 23.9 Å². The van der Waals surface area contributed by atoms with Gasteiger partial charge in [0.2, 0.25) is 0 Å². The molecule has 0 bridgehead atoms. The molecule has 7 nitrogen and oxygen atoms in total. The van der Waals surface area contributed by atoms with E-state index in [0.717, 1.165) is 27.7 Å². The Hall–Kier alpha value is -2.71. The third-order valence-corrected chi connectivity index (χ3v) is 5.59. The molecule has 0 aliphatic rings. The van der Waals surface area contributed by atoms with Crippen LogP contribution in [0.4, 0.5) is 4.79 Å². The summed E-state index contributed by atoms with van der Waals surface area (Å²) in [5.41, 5.74) is 3.02. The van der Waals surface area contributed by atoms with E-state index in [0.29, 0.717) is 23.1 Å². The Morgan fingerprint density at radius 3 is 2.80 bits per heavy atom. The zero-order valence-electron chi connectivity index (χ0n) is 17.1. The van der Waals surface area contributed by atoms with Gasteiger partial charge in [0.05, 0.1) is 19.3 Å². The normalized spacial score (nSPS) is 10.7. The molecule has 3 aromatic rings. The fraction of sp³-hybridized carbons (Fsp3) is 0.286. The van der Waals surface area contributed by atoms with Crippen LogP contribution in [0.3, 0.4) is 0 Å². The molecule has 0 saturated heterocycles. The summed E-state index contributed by atoms with van der Waals surface area (Å²) in [7, 11) is 1.65. The lowest BCUT2D eigenvalue weighted by molar-refractivity contribution is 0.240. The molecule has 0 atom stereocenters. The lowest BCUT2D eigenvalue weighted by atomic mass is 10.2. The van der Waals surface area contributed by atoms with Gasteiger partial charge in [0.1, 0.15) is 5.75 Å². The van der Waals surface area contributed by atoms with E-state index in [-0.39, 0.29) is 12.6 Å². The van der Waals surface area contributed by atoms with Gasteiger partial charge in [-0.2, -0.15) is 0 Å². The van der Waals surface area contributed by atoms with Gasteiger partial charge < -0.3 is 15.4 Å². The third-order valence-electron chi connectivity index (χ3n) is 4.36. The Bertz CT molecular complexity index is 1020. The molecule has 0 aliphatic carbocycles. The number of methoxy groups -OCH3 is 1. The van der Waals surface area contributed by atoms with Gasteiger partial charge in [0.25, 0.3) is 0 Å². The number of aromatic nitrogens is 3. The first-order chi connectivity index (χ1) is 14.5. The molecule has 0 aliphatic heterocycles. The predicted octanol–water partition coefficient (Wildman–Crippen LogP) is 4.35. The van der Waals surface area contributed by atoms with Crippen molar-refractivity contribution in [1.29, 1.82) is 0 Å². The van der Waals surface area contributed by atoms with E-state index >= 15 is 0 Å². The number of benzene rings is 2. The van der Waals surface area contributed by atoms with Gasteiger partial charge >= 0.3 is 6.03 Å². The SMILES string of the molecule is CCNC(=O)NCc1nnc(SCc2cccc(OC)c2)n1-c1cc(Cl)ccc1C. The van der Waals surface area contributed by atoms with E-state index in [1.54, 1.807) is 18.9 Å². The van der Waals surface area contributed by atoms with Crippen molar-refractivity contribution in [2.45, 2.75) is 31.3 Å². The summed E-state index contributed by atoms with van der Waals surface area (Å²) < 4.78 is 7.25. The second-order valence-corrected chi connectivity index (χ2v) is 7.90. The van der Waals surface area contributed by atoms with Gasteiger partial charge in [-0.15, -0.1) is 10.2 Å². The van der Waals surface area contributed by atoms with Crippen LogP contribution < -0.4 is 15.4 Å². The second-order valence-electron chi connectivity index (χ2n) is 6.52. The Morgan fingerprint density at radius 2 is 2.03 bits per heavy atom. The van der Waals surface area contributed by atoms with E-state index in [9.17, 15) is 4.79 Å². The van der Waals surface area contributed by atoms with Crippen molar-refractivity contribution in [1.82, 2.24) is 25.4 Å². The molecule has 0 fully saturated rings. The molecule has 30 heavy (non-hydrogen) atoms. The van der Waals surface area contributed by atoms with Crippen LogP contribution in [0.2, 0.25) is 5.02 Å². The summed E-state index contributed by atoms with van der Waals surface area (Å²) in [6.45, 7) is 4.66. The van der Waals surface area contributed by atoms with Crippen molar-refractivity contribution < 1.29 is 9.53 Å². The van der Waals surface area contributed by atoms with E-state index in [1.165, 1.54) is 0 Å². The highest BCUT2D eigenvalue weighted by atomic mass is 35.5. The highest BCUT2D eigenvalue weighted by Gasteiger charge is 2.17. The fourth-order valence-electron chi connectivity index (χ4n) is 2.87. The van der Waals surface area contributed by atoms with Crippen molar-refractivity contribution in [3.8, 4) is 11.4 Å². The number of hydrogen-bond acceptors (Lipinski definition) is 5. The molecule has 0 radical (unpaired) electrons. The van der Waals surface area contributed by atoms with Gasteiger partial charge in [0, 0.05) is 17.3 Å². The average Bonchev–Trinajstić information content (AvgIpc) is 3.15. The summed E-state index contributed by atoms with van der Waals surface area (Å²) >= 11 is 7.82. The zero-order valence-corrected chi connectivity index (χ0v) is 18.7. The molecule has 1 heterocycles. The molecule has 2 aromatic carbocycles. The molecule has 0 spiro atoms. The Morgan fingerprint density at radius 1 is 1.20 bits per heavy atom. The van der Waals surface area contributed by atoms with Gasteiger partial charge in [0.15, 0.2) is 11.0 Å². The zero-order chi connectivity index (χ0) is 21.5. The number of amides is 2. The minimum absolute atomic E-state index is 0.241. The second kappa shape index (κ2) is 10.4. The molecule has 2 N–H and O–H groups in total. The van der Waals surface area contributed by atoms with Crippen LogP contribution in [0.25, 0.3) is 5.69 Å². The summed E-state index contributed by atoms with van der Waals surface area (Å²) in [5, 5.41) is 15.6. The minimum atomic E-state index is -0.250. The number of aryl methyl sites for hydroxylation is 1. The maximum atomic E-state index is 11.8. The van der Waals surface area contributed by atoms with Gasteiger partial charge in [-0.1, -0.05) is 41.6 Å². The van der Waals surface area contributed by atoms with Gasteiger partial charge in [-0.3, -0.25) is 4.57 Å². The van der Waals surface area contributed by atoms with Crippen molar-refractivity contribution in [3.63, 3.8) is 0 Å². The Balaban J connectivity index is 1.90. The van der Waals surface area contributed by atoms with E-state index in [2.05, 4.69) is 20.8 Å². The molecule has 3 rings (SSSR count). The van der Waals surface area contributed by atoms with E-state index in [4.69, 9.17) is 16.3 Å². The lowest BCUT2D eigenvalue weighted by Gasteiger charge is -2.14. The van der Waals surface area contributed by atoms with Gasteiger partial charge in [-0.05, 0) is 49.2 Å². The average molecular weight is 446 g/mol. The van der Waals surface area contributed by atoms with E-state index < -0.39 is 0 Å². The summed E-state index contributed by atoms with van der Waals surface area (Å²) in [6, 6.07) is 13.3. The number of nitrogens with zero attached hydrogens (tertiary/aromatic N) is 3. The molecular weight excluding hydrogens is 422 g/mol. The number of thioether (sulfide) groups is 1. The monoisotopic (exact) mass is 445 g/mol. The van der Waals surface area contributed by atoms with Crippen LogP contribution in [0.15, 0.2) is 47.6 Å². The first-order valence-electron chi connectivity index (χ1n) is 9.50. The first-order valence-corrected chi connectivity index (χ1v) is 10.9. The highest BCUT2D eigenvalue weighted by Crippen LogP contribution is 2.29. The summed E-state index contributed by atoms with van der Waals surface area (Å²) in [6.07, 6.45) is 0. The lowest BCUT2D eigenvalue weighted by Crippen LogP contribution is -2.35. The minimum Gasteiger partial charge on any atom is -0.497 e. The molecule has 0 unspecified atom stereocenters. The van der Waals surface area contributed by atoms with Crippen LogP contribution in [0.5, 0.6) is 5.75 Å². The van der Waals surface area contributed by atoms with Crippen molar-refractivity contribution in [3.05, 3.63) is 64.4 Å². The fourth-order valence-corrected chi connectivity index (χ4v) is 3.94. The third kappa shape index (κ3) is 5.46. The maximum Gasteiger partial charge on any atom is 0.315 e. The molecule has 1 aromatic heterocycles. The van der Waals surface area contributed by atoms with Crippen molar-refractivity contribution >= 4 is 29.4 Å². The topological polar surface area (TPSA) is 81.1 Å². The molecule has 2 amide bonds. The number of halogens is 1. The number of ether oxygens (including phenoxy) is 1. The van der Waals surface area contributed by atoms with E-state index in [1.807, 2.05) is 60.9 Å². The van der Waals surface area contributed by atoms with Gasteiger partial charge in [-0.25, -0.2) is 4.79 Å². The molecule has 158 valence electrons. The van der Waals surface area contributed by atoms with Crippen LogP contribution in [-0.4, -0.2) is 34.5 Å². The predicted molar refractivity (Wildman–Crippen MR) is 120 cm³/mol. The number of hydrogen-bond donors (Lipinski definition) is 2. The van der Waals surface area contributed by atoms with Crippen LogP contribution in [-0.2, 0) is 12.3 Å². The molecular formula is C21H24ClN5O2S. The quantitative estimate of drug-likeness (QED) is 0.504. The molecule has 9 heteroatoms. The number of urea groups is 1. The van der Waals surface area contributed by atoms with Crippen molar-refractivity contribution in [2.24, 2.45) is 0 Å². The first kappa shape index (κ1) is 22.0. The number of carbonyl (C=O) groups is 1. The number of nitrogens with one attached hydrogen (secondary N) is 2. The molecule has 0 saturated carbocycles. The summed E-state index contributed by atoms with van der Waals surface area (Å²) in [4.78, 5) is 11.8. The standard InChI is InChI=1S/C21H24ClN5O2S/c1-4-23-20(28)24-12-19-25-26-21(27(19)18-11-16(22)9-8-14(18)2)30-13-15-6-5-7-17(10-15)29-3/h5-11H,4,12-13H2,1-3H3,(H2,23,24,28). The Kier molecular flexibility index (Phi) is 7.59. The van der Waals surface area contributed by atoms with Crippen molar-refractivity contribution in [2.75, 3.05) is 13.7 Å². The number of rotatable bonds is 8. The van der Waals surface area contributed by atoms with Crippen LogP contribution >= 0.6 is 23.4 Å². The maximum absolute atomic E-state index is 11.8. The smallest absolute Gasteiger partial charge is 0.315 e.